The van der Waals surface area contributed by atoms with Crippen molar-refractivity contribution >= 4 is 0 Å². The molecule has 0 unspecified atom stereocenters. The average molecular weight is 198 g/mol. The fourth-order valence-electron chi connectivity index (χ4n) is 1.20. The smallest absolute Gasteiger partial charge is 0.330 e. The van der Waals surface area contributed by atoms with Crippen LogP contribution in [0, 0.1) is 5.82 Å². The van der Waals surface area contributed by atoms with Crippen LogP contribution in [0.2, 0.25) is 0 Å². The summed E-state index contributed by atoms with van der Waals surface area (Å²) in [6, 6.07) is 0. The zero-order valence-corrected chi connectivity index (χ0v) is 7.07. The summed E-state index contributed by atoms with van der Waals surface area (Å²) in [4.78, 5) is 23.8. The summed E-state index contributed by atoms with van der Waals surface area (Å²) >= 11 is 0. The van der Waals surface area contributed by atoms with E-state index in [4.69, 9.17) is 4.74 Å². The molecule has 1 atom stereocenters. The second-order valence-electron chi connectivity index (χ2n) is 2.80. The van der Waals surface area contributed by atoms with Crippen LogP contribution in [0.3, 0.4) is 0 Å². The Hall–Kier alpha value is -1.69. The predicted octanol–water partition coefficient (Wildman–Crippen LogP) is -0.239. The molecule has 0 fully saturated rings. The maximum absolute atomic E-state index is 12.8. The van der Waals surface area contributed by atoms with Crippen LogP contribution in [0.25, 0.3) is 0 Å². The van der Waals surface area contributed by atoms with Gasteiger partial charge in [-0.3, -0.25) is 14.3 Å². The van der Waals surface area contributed by atoms with Gasteiger partial charge in [0.25, 0.3) is 5.56 Å². The van der Waals surface area contributed by atoms with Crippen LogP contribution in [0.1, 0.15) is 6.23 Å². The van der Waals surface area contributed by atoms with E-state index in [2.05, 4.69) is 0 Å². The van der Waals surface area contributed by atoms with E-state index in [-0.39, 0.29) is 0 Å². The zero-order chi connectivity index (χ0) is 10.1. The lowest BCUT2D eigenvalue weighted by molar-refractivity contribution is 0.0711. The Morgan fingerprint density at radius 1 is 1.57 bits per heavy atom. The van der Waals surface area contributed by atoms with Crippen LogP contribution < -0.4 is 11.2 Å². The van der Waals surface area contributed by atoms with E-state index in [1.807, 2.05) is 4.98 Å². The normalized spacial score (nSPS) is 20.2. The van der Waals surface area contributed by atoms with Crippen LogP contribution >= 0.6 is 0 Å². The van der Waals surface area contributed by atoms with Crippen LogP contribution in [0.5, 0.6) is 0 Å². The summed E-state index contributed by atoms with van der Waals surface area (Å²) in [6.45, 7) is 0.373. The van der Waals surface area contributed by atoms with Gasteiger partial charge in [-0.2, -0.15) is 4.39 Å². The van der Waals surface area contributed by atoms with Crippen molar-refractivity contribution < 1.29 is 9.13 Å². The van der Waals surface area contributed by atoms with Crippen molar-refractivity contribution in [2.24, 2.45) is 0 Å². The zero-order valence-electron chi connectivity index (χ0n) is 7.07. The summed E-state index contributed by atoms with van der Waals surface area (Å²) in [5.41, 5.74) is -1.71. The molecule has 0 amide bonds. The number of hydrogen-bond acceptors (Lipinski definition) is 3. The summed E-state index contributed by atoms with van der Waals surface area (Å²) in [5, 5.41) is 0. The summed E-state index contributed by atoms with van der Waals surface area (Å²) < 4.78 is 18.9. The van der Waals surface area contributed by atoms with E-state index in [1.54, 1.807) is 12.2 Å². The second-order valence-corrected chi connectivity index (χ2v) is 2.80. The molecular weight excluding hydrogens is 191 g/mol. The summed E-state index contributed by atoms with van der Waals surface area (Å²) in [6.07, 6.45) is 3.52. The molecule has 0 saturated heterocycles. The summed E-state index contributed by atoms with van der Waals surface area (Å²) in [7, 11) is 0. The number of nitrogens with zero attached hydrogens (tertiary/aromatic N) is 1. The molecule has 0 radical (unpaired) electrons. The van der Waals surface area contributed by atoms with E-state index < -0.39 is 23.3 Å². The lowest BCUT2D eigenvalue weighted by Crippen LogP contribution is -2.33. The third kappa shape index (κ3) is 1.39. The minimum atomic E-state index is -1.02. The van der Waals surface area contributed by atoms with Gasteiger partial charge in [0.1, 0.15) is 0 Å². The number of aromatic amines is 1. The molecule has 0 aromatic carbocycles. The van der Waals surface area contributed by atoms with Gasteiger partial charge in [-0.05, 0) is 6.08 Å². The highest BCUT2D eigenvalue weighted by atomic mass is 19.1. The van der Waals surface area contributed by atoms with Crippen molar-refractivity contribution in [1.82, 2.24) is 9.55 Å². The van der Waals surface area contributed by atoms with Gasteiger partial charge in [0.15, 0.2) is 6.23 Å². The van der Waals surface area contributed by atoms with Gasteiger partial charge in [0, 0.05) is 0 Å². The first-order valence-corrected chi connectivity index (χ1v) is 3.98. The molecule has 0 saturated carbocycles. The van der Waals surface area contributed by atoms with E-state index in [0.717, 1.165) is 10.8 Å². The molecular formula is C8H7FN2O3. The van der Waals surface area contributed by atoms with E-state index in [0.29, 0.717) is 6.61 Å². The lowest BCUT2D eigenvalue weighted by atomic mass is 10.5. The molecule has 0 aliphatic carbocycles. The molecule has 2 rings (SSSR count). The lowest BCUT2D eigenvalue weighted by Gasteiger charge is -2.10. The van der Waals surface area contributed by atoms with Crippen molar-refractivity contribution in [2.45, 2.75) is 6.23 Å². The first-order chi connectivity index (χ1) is 6.68. The Labute approximate surface area is 77.4 Å². The van der Waals surface area contributed by atoms with Crippen LogP contribution in [0.15, 0.2) is 27.9 Å². The van der Waals surface area contributed by atoms with E-state index in [9.17, 15) is 14.0 Å². The topological polar surface area (TPSA) is 64.1 Å². The molecule has 6 heteroatoms. The SMILES string of the molecule is O=c1[nH]c(=O)n([C@H]2C=CCO2)cc1F. The van der Waals surface area contributed by atoms with Crippen molar-refractivity contribution in [3.8, 4) is 0 Å². The monoisotopic (exact) mass is 198 g/mol. The number of halogens is 1. The van der Waals surface area contributed by atoms with Crippen molar-refractivity contribution in [1.29, 1.82) is 0 Å². The number of rotatable bonds is 1. The number of H-pyrrole nitrogens is 1. The summed E-state index contributed by atoms with van der Waals surface area (Å²) in [5.74, 6) is -1.01. The predicted molar refractivity (Wildman–Crippen MR) is 45.4 cm³/mol. The number of ether oxygens (including phenoxy) is 1. The highest BCUT2D eigenvalue weighted by Crippen LogP contribution is 2.12. The molecule has 5 nitrogen and oxygen atoms in total. The number of hydrogen-bond donors (Lipinski definition) is 1. The molecule has 14 heavy (non-hydrogen) atoms. The van der Waals surface area contributed by atoms with Crippen LogP contribution in [-0.2, 0) is 4.74 Å². The molecule has 0 bridgehead atoms. The minimum Gasteiger partial charge on any atom is -0.350 e. The van der Waals surface area contributed by atoms with Gasteiger partial charge in [-0.25, -0.2) is 4.79 Å². The van der Waals surface area contributed by atoms with E-state index >= 15 is 0 Å². The minimum absolute atomic E-state index is 0.373. The largest absolute Gasteiger partial charge is 0.350 e. The molecule has 1 aromatic rings. The molecule has 1 N–H and O–H groups in total. The van der Waals surface area contributed by atoms with Crippen molar-refractivity contribution in [3.05, 3.63) is 45.0 Å². The Balaban J connectivity index is 2.53. The van der Waals surface area contributed by atoms with Crippen LogP contribution in [-0.4, -0.2) is 16.2 Å². The maximum Gasteiger partial charge on any atom is 0.330 e. The number of nitrogens with one attached hydrogen (secondary N) is 1. The standard InChI is InChI=1S/C8H7FN2O3/c9-5-4-11(6-2-1-3-14-6)8(13)10-7(5)12/h1-2,4,6H,3H2,(H,10,12,13)/t6-/m1/s1. The van der Waals surface area contributed by atoms with Gasteiger partial charge < -0.3 is 4.74 Å². The highest BCUT2D eigenvalue weighted by molar-refractivity contribution is 4.97. The first-order valence-electron chi connectivity index (χ1n) is 3.98. The van der Waals surface area contributed by atoms with Crippen molar-refractivity contribution in [2.75, 3.05) is 6.61 Å². The Morgan fingerprint density at radius 2 is 2.36 bits per heavy atom. The van der Waals surface area contributed by atoms with Crippen molar-refractivity contribution in [3.63, 3.8) is 0 Å². The molecule has 2 heterocycles. The Kier molecular flexibility index (Phi) is 2.05. The van der Waals surface area contributed by atoms with E-state index in [1.165, 1.54) is 0 Å². The maximum atomic E-state index is 12.8. The van der Waals surface area contributed by atoms with Gasteiger partial charge >= 0.3 is 5.69 Å². The van der Waals surface area contributed by atoms with Gasteiger partial charge in [-0.15, -0.1) is 0 Å². The molecule has 74 valence electrons. The highest BCUT2D eigenvalue weighted by Gasteiger charge is 2.14. The van der Waals surface area contributed by atoms with Gasteiger partial charge in [0.2, 0.25) is 5.82 Å². The molecule has 0 spiro atoms. The quantitative estimate of drug-likeness (QED) is 0.633. The Bertz CT molecular complexity index is 488. The molecule has 1 aliphatic rings. The average Bonchev–Trinajstić information content (AvgIpc) is 2.64. The first kappa shape index (κ1) is 8.89. The Morgan fingerprint density at radius 3 is 3.00 bits per heavy atom. The fraction of sp³-hybridized carbons (Fsp3) is 0.250. The molecule has 1 aromatic heterocycles. The fourth-order valence-corrected chi connectivity index (χ4v) is 1.20. The number of aromatic nitrogens is 2. The third-order valence-corrected chi connectivity index (χ3v) is 1.86. The molecule has 1 aliphatic heterocycles. The van der Waals surface area contributed by atoms with Crippen LogP contribution in [0.4, 0.5) is 4.39 Å². The van der Waals surface area contributed by atoms with Gasteiger partial charge in [0.05, 0.1) is 12.8 Å². The second kappa shape index (κ2) is 3.22. The van der Waals surface area contributed by atoms with Gasteiger partial charge in [-0.1, -0.05) is 6.08 Å². The third-order valence-electron chi connectivity index (χ3n) is 1.86.